The van der Waals surface area contributed by atoms with E-state index in [9.17, 15) is 27.6 Å². The molecule has 3 amide bonds. The zero-order valence-corrected chi connectivity index (χ0v) is 23.0. The fraction of sp³-hybridized carbons (Fsp3) is 0.357. The van der Waals surface area contributed by atoms with Gasteiger partial charge in [-0.05, 0) is 54.8 Å². The van der Waals surface area contributed by atoms with Crippen LogP contribution in [-0.4, -0.2) is 61.3 Å². The van der Waals surface area contributed by atoms with Gasteiger partial charge in [0.2, 0.25) is 21.8 Å². The maximum Gasteiger partial charge on any atom is 0.328 e. The maximum atomic E-state index is 13.4. The summed E-state index contributed by atoms with van der Waals surface area (Å²) in [5, 5.41) is 14.1. The van der Waals surface area contributed by atoms with Crippen LogP contribution in [0.25, 0.3) is 0 Å². The molecule has 1 aliphatic rings. The van der Waals surface area contributed by atoms with Crippen molar-refractivity contribution in [2.24, 2.45) is 5.14 Å². The predicted molar refractivity (Wildman–Crippen MR) is 147 cm³/mol. The predicted octanol–water partition coefficient (Wildman–Crippen LogP) is 2.64. The molecule has 1 atom stereocenters. The van der Waals surface area contributed by atoms with Crippen molar-refractivity contribution in [3.63, 3.8) is 0 Å². The minimum atomic E-state index is -3.87. The van der Waals surface area contributed by atoms with Gasteiger partial charge in [-0.1, -0.05) is 38.3 Å². The van der Waals surface area contributed by atoms with E-state index in [2.05, 4.69) is 6.92 Å². The number of anilines is 1. The van der Waals surface area contributed by atoms with Gasteiger partial charge in [0.15, 0.2) is 0 Å². The highest BCUT2D eigenvalue weighted by atomic mass is 32.2. The van der Waals surface area contributed by atoms with Crippen molar-refractivity contribution in [2.75, 3.05) is 18.1 Å². The molecule has 2 aromatic carbocycles. The van der Waals surface area contributed by atoms with Gasteiger partial charge < -0.3 is 14.7 Å². The number of hydrogen-bond donors (Lipinski definition) is 2. The zero-order chi connectivity index (χ0) is 29.3. The lowest BCUT2D eigenvalue weighted by atomic mass is 10.1. The summed E-state index contributed by atoms with van der Waals surface area (Å²) in [5.41, 5.74) is 0.981. The Morgan fingerprint density at radius 1 is 1.05 bits per heavy atom. The highest BCUT2D eigenvalue weighted by Gasteiger charge is 2.44. The van der Waals surface area contributed by atoms with Crippen LogP contribution < -0.4 is 14.8 Å². The molecule has 0 aromatic heterocycles. The molecule has 3 rings (SSSR count). The molecule has 1 aliphatic heterocycles. The Balaban J connectivity index is 1.74. The molecule has 0 spiro atoms. The van der Waals surface area contributed by atoms with Gasteiger partial charge in [0, 0.05) is 18.7 Å². The number of nitrogens with two attached hydrogens (primary N) is 1. The van der Waals surface area contributed by atoms with Crippen molar-refractivity contribution in [3.8, 4) is 5.75 Å². The number of carboxylic acids is 1. The largest absolute Gasteiger partial charge is 0.494 e. The van der Waals surface area contributed by atoms with Crippen LogP contribution in [0, 0.1) is 0 Å². The van der Waals surface area contributed by atoms with Crippen molar-refractivity contribution >= 4 is 39.4 Å². The van der Waals surface area contributed by atoms with Crippen LogP contribution in [0.5, 0.6) is 5.75 Å². The van der Waals surface area contributed by atoms with Crippen molar-refractivity contribution in [1.29, 1.82) is 0 Å². The van der Waals surface area contributed by atoms with E-state index in [0.29, 0.717) is 29.7 Å². The third-order valence-electron chi connectivity index (χ3n) is 6.41. The number of unbranched alkanes of at least 4 members (excludes halogenated alkanes) is 3. The van der Waals surface area contributed by atoms with E-state index in [1.165, 1.54) is 24.3 Å². The minimum Gasteiger partial charge on any atom is -0.494 e. The van der Waals surface area contributed by atoms with E-state index < -0.39 is 39.8 Å². The Labute approximate surface area is 233 Å². The van der Waals surface area contributed by atoms with E-state index in [4.69, 9.17) is 15.0 Å². The van der Waals surface area contributed by atoms with Gasteiger partial charge in [-0.2, -0.15) is 0 Å². The number of carbonyl (C=O) groups excluding carboxylic acids is 3. The second-order valence-corrected chi connectivity index (χ2v) is 10.9. The molecule has 0 aliphatic carbocycles. The summed E-state index contributed by atoms with van der Waals surface area (Å²) in [6, 6.07) is 11.1. The molecule has 0 bridgehead atoms. The summed E-state index contributed by atoms with van der Waals surface area (Å²) in [7, 11) is -3.87. The Kier molecular flexibility index (Phi) is 10.6. The molecule has 11 nitrogen and oxygen atoms in total. The number of carboxylic acid groups (broad SMARTS) is 1. The van der Waals surface area contributed by atoms with Gasteiger partial charge in [0.05, 0.1) is 23.6 Å². The normalized spacial score (nSPS) is 15.6. The molecule has 0 saturated carbocycles. The Morgan fingerprint density at radius 2 is 1.73 bits per heavy atom. The number of amides is 3. The van der Waals surface area contributed by atoms with Crippen LogP contribution in [0.1, 0.15) is 44.6 Å². The third kappa shape index (κ3) is 8.23. The summed E-state index contributed by atoms with van der Waals surface area (Å²) < 4.78 is 28.7. The van der Waals surface area contributed by atoms with Crippen LogP contribution in [0.15, 0.2) is 65.6 Å². The number of primary sulfonamides is 1. The molecule has 12 heteroatoms. The summed E-state index contributed by atoms with van der Waals surface area (Å²) >= 11 is 0. The number of rotatable bonds is 14. The first-order chi connectivity index (χ1) is 19.0. The molecule has 0 radical (unpaired) electrons. The molecule has 3 N–H and O–H groups in total. The summed E-state index contributed by atoms with van der Waals surface area (Å²) in [6.45, 7) is 2.67. The van der Waals surface area contributed by atoms with Crippen molar-refractivity contribution in [1.82, 2.24) is 4.90 Å². The van der Waals surface area contributed by atoms with Gasteiger partial charge in [0.1, 0.15) is 11.8 Å². The van der Waals surface area contributed by atoms with Crippen LogP contribution in [0.3, 0.4) is 0 Å². The number of hydrogen-bond acceptors (Lipinski definition) is 7. The monoisotopic (exact) mass is 571 g/mol. The lowest BCUT2D eigenvalue weighted by Gasteiger charge is -2.26. The van der Waals surface area contributed by atoms with Crippen molar-refractivity contribution in [3.05, 3.63) is 66.2 Å². The topological polar surface area (TPSA) is 164 Å². The fourth-order valence-electron chi connectivity index (χ4n) is 4.29. The average molecular weight is 572 g/mol. The number of imide groups is 1. The molecule has 1 unspecified atom stereocenters. The average Bonchev–Trinajstić information content (AvgIpc) is 3.20. The minimum absolute atomic E-state index is 0.0279. The number of ether oxygens (including phenoxy) is 1. The smallest absolute Gasteiger partial charge is 0.328 e. The lowest BCUT2D eigenvalue weighted by Crippen LogP contribution is -2.46. The number of carbonyl (C=O) groups is 4. The van der Waals surface area contributed by atoms with E-state index in [1.54, 1.807) is 24.3 Å². The second kappa shape index (κ2) is 13.9. The van der Waals surface area contributed by atoms with Crippen LogP contribution in [-0.2, 0) is 35.6 Å². The molecule has 1 saturated heterocycles. The fourth-order valence-corrected chi connectivity index (χ4v) is 4.81. The number of benzene rings is 2. The highest BCUT2D eigenvalue weighted by Crippen LogP contribution is 2.28. The molecule has 1 heterocycles. The van der Waals surface area contributed by atoms with Crippen molar-refractivity contribution in [2.45, 2.75) is 56.4 Å². The molecule has 2 aromatic rings. The molecule has 214 valence electrons. The Bertz CT molecular complexity index is 1350. The number of nitrogens with zero attached hydrogens (tertiary/aromatic N) is 2. The Hall–Kier alpha value is -4.03. The molecular weight excluding hydrogens is 538 g/mol. The van der Waals surface area contributed by atoms with Crippen molar-refractivity contribution < 1.29 is 37.4 Å². The van der Waals surface area contributed by atoms with Crippen LogP contribution >= 0.6 is 0 Å². The Morgan fingerprint density at radius 3 is 2.33 bits per heavy atom. The van der Waals surface area contributed by atoms with Crippen LogP contribution in [0.2, 0.25) is 0 Å². The zero-order valence-electron chi connectivity index (χ0n) is 22.2. The van der Waals surface area contributed by atoms with E-state index in [0.717, 1.165) is 41.6 Å². The summed E-state index contributed by atoms with van der Waals surface area (Å²) in [5.74, 6) is -2.58. The molecule has 1 fully saturated rings. The van der Waals surface area contributed by atoms with Crippen LogP contribution in [0.4, 0.5) is 5.69 Å². The van der Waals surface area contributed by atoms with Gasteiger partial charge in [-0.3, -0.25) is 14.4 Å². The molecular formula is C28H33N3O8S. The van der Waals surface area contributed by atoms with Gasteiger partial charge >= 0.3 is 5.97 Å². The van der Waals surface area contributed by atoms with E-state index >= 15 is 0 Å². The maximum absolute atomic E-state index is 13.4. The first-order valence-corrected chi connectivity index (χ1v) is 14.5. The standard InChI is InChI=1S/C28H33N3O8S/c1-2-3-4-5-18-39-22-10-8-21(9-11-22)31-26(33)19-24(28(31)36)30(25(32)14-15-27(34)35)17-16-20-6-12-23(13-7-20)40(29,37)38/h6-15,24H,2-5,16-19H2,1H3,(H,34,35)(H2,29,37,38). The lowest BCUT2D eigenvalue weighted by molar-refractivity contribution is -0.135. The summed E-state index contributed by atoms with van der Waals surface area (Å²) in [6.07, 6.45) is 5.70. The third-order valence-corrected chi connectivity index (χ3v) is 7.33. The van der Waals surface area contributed by atoms with E-state index in [1.807, 2.05) is 0 Å². The quantitative estimate of drug-likeness (QED) is 0.198. The van der Waals surface area contributed by atoms with Gasteiger partial charge in [-0.15, -0.1) is 0 Å². The first-order valence-electron chi connectivity index (χ1n) is 12.9. The first kappa shape index (κ1) is 30.5. The number of aliphatic carboxylic acids is 1. The van der Waals surface area contributed by atoms with Gasteiger partial charge in [0.25, 0.3) is 5.91 Å². The SMILES string of the molecule is CCCCCCOc1ccc(N2C(=O)CC(N(CCc3ccc(S(N)(=O)=O)cc3)C(=O)C=CC(=O)O)C2=O)cc1. The van der Waals surface area contributed by atoms with E-state index in [-0.39, 0.29) is 24.3 Å². The molecule has 40 heavy (non-hydrogen) atoms. The number of sulfonamides is 1. The second-order valence-electron chi connectivity index (χ2n) is 9.33. The summed E-state index contributed by atoms with van der Waals surface area (Å²) in [4.78, 5) is 52.3. The highest BCUT2D eigenvalue weighted by molar-refractivity contribution is 7.89. The van der Waals surface area contributed by atoms with Gasteiger partial charge in [-0.25, -0.2) is 23.3 Å².